The molecule has 0 saturated carbocycles. The second-order valence-electron chi connectivity index (χ2n) is 4.72. The van der Waals surface area contributed by atoms with Gasteiger partial charge in [-0.2, -0.15) is 0 Å². The lowest BCUT2D eigenvalue weighted by Crippen LogP contribution is -2.25. The molecule has 0 heterocycles. The van der Waals surface area contributed by atoms with Gasteiger partial charge in [-0.1, -0.05) is 19.1 Å². The number of ether oxygens (including phenoxy) is 1. The number of rotatable bonds is 9. The maximum Gasteiger partial charge on any atom is 0.240 e. The van der Waals surface area contributed by atoms with Crippen LogP contribution in [0.4, 0.5) is 0 Å². The number of hydrogen-bond acceptors (Lipinski definition) is 4. The molecule has 0 aromatic heterocycles. The van der Waals surface area contributed by atoms with Gasteiger partial charge in [0.1, 0.15) is 0 Å². The van der Waals surface area contributed by atoms with Gasteiger partial charge in [-0.25, -0.2) is 13.1 Å². The predicted molar refractivity (Wildman–Crippen MR) is 80.0 cm³/mol. The predicted octanol–water partition coefficient (Wildman–Crippen LogP) is 1.80. The Hall–Kier alpha value is -0.950. The molecule has 1 unspecified atom stereocenters. The Morgan fingerprint density at radius 3 is 2.75 bits per heavy atom. The van der Waals surface area contributed by atoms with E-state index in [-0.39, 0.29) is 10.9 Å². The molecule has 0 saturated heterocycles. The Morgan fingerprint density at radius 1 is 1.35 bits per heavy atom. The molecule has 0 fully saturated rings. The average Bonchev–Trinajstić information content (AvgIpc) is 2.43. The van der Waals surface area contributed by atoms with Crippen LogP contribution >= 0.6 is 0 Å². The topological polar surface area (TPSA) is 81.4 Å². The molecular formula is C14H24N2O3S. The van der Waals surface area contributed by atoms with Gasteiger partial charge in [-0.3, -0.25) is 0 Å². The van der Waals surface area contributed by atoms with Crippen LogP contribution in [0.5, 0.6) is 0 Å². The molecular weight excluding hydrogens is 276 g/mol. The average molecular weight is 300 g/mol. The number of hydrogen-bond donors (Lipinski definition) is 2. The zero-order valence-electron chi connectivity index (χ0n) is 12.1. The summed E-state index contributed by atoms with van der Waals surface area (Å²) < 4.78 is 32.1. The molecule has 0 aliphatic heterocycles. The monoisotopic (exact) mass is 300 g/mol. The lowest BCUT2D eigenvalue weighted by molar-refractivity contribution is 0.133. The molecule has 0 amide bonds. The quantitative estimate of drug-likeness (QED) is 0.681. The first kappa shape index (κ1) is 17.1. The molecule has 0 bridgehead atoms. The fourth-order valence-corrected chi connectivity index (χ4v) is 2.80. The van der Waals surface area contributed by atoms with Crippen LogP contribution in [0.2, 0.25) is 0 Å². The molecule has 6 heteroatoms. The summed E-state index contributed by atoms with van der Waals surface area (Å²) in [6.45, 7) is 5.51. The third-order valence-electron chi connectivity index (χ3n) is 2.80. The zero-order chi connectivity index (χ0) is 15.0. The first-order valence-corrected chi connectivity index (χ1v) is 8.38. The highest BCUT2D eigenvalue weighted by Crippen LogP contribution is 2.15. The van der Waals surface area contributed by atoms with Crippen LogP contribution in [0.1, 0.15) is 38.3 Å². The second-order valence-corrected chi connectivity index (χ2v) is 6.49. The van der Waals surface area contributed by atoms with Crippen molar-refractivity contribution in [2.24, 2.45) is 5.73 Å². The molecule has 0 aliphatic carbocycles. The van der Waals surface area contributed by atoms with Gasteiger partial charge in [0.15, 0.2) is 0 Å². The van der Waals surface area contributed by atoms with Gasteiger partial charge in [-0.05, 0) is 37.5 Å². The Labute approximate surface area is 121 Å². The molecule has 20 heavy (non-hydrogen) atoms. The first-order valence-electron chi connectivity index (χ1n) is 6.90. The molecule has 114 valence electrons. The van der Waals surface area contributed by atoms with E-state index in [1.54, 1.807) is 18.2 Å². The second kappa shape index (κ2) is 8.36. The summed E-state index contributed by atoms with van der Waals surface area (Å²) in [5.41, 5.74) is 6.57. The van der Waals surface area contributed by atoms with Crippen molar-refractivity contribution in [2.45, 2.75) is 37.6 Å². The van der Waals surface area contributed by atoms with Gasteiger partial charge >= 0.3 is 0 Å². The Balaban J connectivity index is 2.54. The van der Waals surface area contributed by atoms with Crippen LogP contribution in [0, 0.1) is 0 Å². The Bertz CT molecular complexity index is 501. The molecule has 3 N–H and O–H groups in total. The Morgan fingerprint density at radius 2 is 2.10 bits per heavy atom. The SMILES string of the molecule is CCCOCCCNS(=O)(=O)c1cccc(C(C)N)c1. The molecule has 1 atom stereocenters. The normalized spacial score (nSPS) is 13.3. The smallest absolute Gasteiger partial charge is 0.240 e. The van der Waals surface area contributed by atoms with E-state index in [1.165, 1.54) is 0 Å². The van der Waals surface area contributed by atoms with Gasteiger partial charge in [0, 0.05) is 25.8 Å². The molecule has 5 nitrogen and oxygen atoms in total. The number of sulfonamides is 1. The van der Waals surface area contributed by atoms with E-state index >= 15 is 0 Å². The maximum absolute atomic E-state index is 12.1. The van der Waals surface area contributed by atoms with Crippen LogP contribution in [0.3, 0.4) is 0 Å². The van der Waals surface area contributed by atoms with Crippen LogP contribution in [-0.2, 0) is 14.8 Å². The highest BCUT2D eigenvalue weighted by molar-refractivity contribution is 7.89. The molecule has 1 aromatic carbocycles. The van der Waals surface area contributed by atoms with Gasteiger partial charge in [0.25, 0.3) is 0 Å². The van der Waals surface area contributed by atoms with E-state index in [0.29, 0.717) is 26.2 Å². The standard InChI is InChI=1S/C14H24N2O3S/c1-3-9-19-10-5-8-16-20(17,18)14-7-4-6-13(11-14)12(2)15/h4,6-7,11-12,16H,3,5,8-10,15H2,1-2H3. The molecule has 0 spiro atoms. The van der Waals surface area contributed by atoms with E-state index in [9.17, 15) is 8.42 Å². The summed E-state index contributed by atoms with van der Waals surface area (Å²) in [7, 11) is -3.47. The van der Waals surface area contributed by atoms with E-state index in [2.05, 4.69) is 4.72 Å². The van der Waals surface area contributed by atoms with E-state index in [4.69, 9.17) is 10.5 Å². The van der Waals surface area contributed by atoms with Gasteiger partial charge < -0.3 is 10.5 Å². The van der Waals surface area contributed by atoms with Gasteiger partial charge in [-0.15, -0.1) is 0 Å². The van der Waals surface area contributed by atoms with Crippen LogP contribution in [0.15, 0.2) is 29.2 Å². The summed E-state index contributed by atoms with van der Waals surface area (Å²) in [4.78, 5) is 0.252. The maximum atomic E-state index is 12.1. The minimum absolute atomic E-state index is 0.187. The highest BCUT2D eigenvalue weighted by atomic mass is 32.2. The summed E-state index contributed by atoms with van der Waals surface area (Å²) in [5.74, 6) is 0. The first-order chi connectivity index (χ1) is 9.47. The van der Waals surface area contributed by atoms with Crippen molar-refractivity contribution in [3.63, 3.8) is 0 Å². The van der Waals surface area contributed by atoms with Crippen LogP contribution in [0.25, 0.3) is 0 Å². The third kappa shape index (κ3) is 5.58. The molecule has 0 radical (unpaired) electrons. The van der Waals surface area contributed by atoms with E-state index in [1.807, 2.05) is 19.9 Å². The van der Waals surface area contributed by atoms with Crippen LogP contribution < -0.4 is 10.5 Å². The van der Waals surface area contributed by atoms with Crippen molar-refractivity contribution in [1.82, 2.24) is 4.72 Å². The summed E-state index contributed by atoms with van der Waals surface area (Å²) in [6.07, 6.45) is 1.63. The van der Waals surface area contributed by atoms with Crippen molar-refractivity contribution in [2.75, 3.05) is 19.8 Å². The van der Waals surface area contributed by atoms with Crippen molar-refractivity contribution in [3.8, 4) is 0 Å². The fraction of sp³-hybridized carbons (Fsp3) is 0.571. The van der Waals surface area contributed by atoms with Crippen molar-refractivity contribution < 1.29 is 13.2 Å². The summed E-state index contributed by atoms with van der Waals surface area (Å²) >= 11 is 0. The molecule has 1 rings (SSSR count). The zero-order valence-corrected chi connectivity index (χ0v) is 12.9. The van der Waals surface area contributed by atoms with E-state index in [0.717, 1.165) is 12.0 Å². The summed E-state index contributed by atoms with van der Waals surface area (Å²) in [6, 6.07) is 6.52. The third-order valence-corrected chi connectivity index (χ3v) is 4.26. The summed E-state index contributed by atoms with van der Waals surface area (Å²) in [5, 5.41) is 0. The van der Waals surface area contributed by atoms with Gasteiger partial charge in [0.2, 0.25) is 10.0 Å². The number of nitrogens with one attached hydrogen (secondary N) is 1. The van der Waals surface area contributed by atoms with Crippen molar-refractivity contribution in [3.05, 3.63) is 29.8 Å². The fourth-order valence-electron chi connectivity index (χ4n) is 1.68. The lowest BCUT2D eigenvalue weighted by atomic mass is 10.1. The van der Waals surface area contributed by atoms with Crippen LogP contribution in [-0.4, -0.2) is 28.2 Å². The highest BCUT2D eigenvalue weighted by Gasteiger charge is 2.14. The minimum atomic E-state index is -3.47. The number of benzene rings is 1. The van der Waals surface area contributed by atoms with E-state index < -0.39 is 10.0 Å². The lowest BCUT2D eigenvalue weighted by Gasteiger charge is -2.10. The van der Waals surface area contributed by atoms with Crippen molar-refractivity contribution in [1.29, 1.82) is 0 Å². The van der Waals surface area contributed by atoms with Gasteiger partial charge in [0.05, 0.1) is 4.90 Å². The Kier molecular flexibility index (Phi) is 7.15. The largest absolute Gasteiger partial charge is 0.381 e. The molecule has 1 aromatic rings. The molecule has 0 aliphatic rings. The van der Waals surface area contributed by atoms with Crippen molar-refractivity contribution >= 4 is 10.0 Å². The number of nitrogens with two attached hydrogens (primary N) is 1. The minimum Gasteiger partial charge on any atom is -0.381 e.